The van der Waals surface area contributed by atoms with E-state index in [0.717, 1.165) is 32.7 Å². The van der Waals surface area contributed by atoms with Gasteiger partial charge in [0, 0.05) is 24.5 Å². The van der Waals surface area contributed by atoms with E-state index in [4.69, 9.17) is 4.74 Å². The van der Waals surface area contributed by atoms with E-state index >= 15 is 0 Å². The molecule has 15 heavy (non-hydrogen) atoms. The van der Waals surface area contributed by atoms with Crippen LogP contribution in [-0.4, -0.2) is 48.5 Å². The van der Waals surface area contributed by atoms with Gasteiger partial charge < -0.3 is 9.84 Å². The van der Waals surface area contributed by atoms with Gasteiger partial charge in [0.05, 0.1) is 19.3 Å². The van der Waals surface area contributed by atoms with E-state index in [1.54, 1.807) is 0 Å². The lowest BCUT2D eigenvalue weighted by Gasteiger charge is -2.41. The zero-order valence-electron chi connectivity index (χ0n) is 10.5. The molecule has 1 fully saturated rings. The van der Waals surface area contributed by atoms with Crippen LogP contribution in [0.15, 0.2) is 0 Å². The number of hydrogen-bond donors (Lipinski definition) is 1. The smallest absolute Gasteiger partial charge is 0.0622 e. The quantitative estimate of drug-likeness (QED) is 0.771. The molecule has 2 unspecified atom stereocenters. The van der Waals surface area contributed by atoms with Gasteiger partial charge >= 0.3 is 0 Å². The van der Waals surface area contributed by atoms with Crippen molar-refractivity contribution in [2.45, 2.75) is 46.3 Å². The van der Waals surface area contributed by atoms with E-state index in [-0.39, 0.29) is 11.5 Å². The van der Waals surface area contributed by atoms with E-state index in [2.05, 4.69) is 25.7 Å². The van der Waals surface area contributed by atoms with Crippen LogP contribution in [0.2, 0.25) is 0 Å². The van der Waals surface area contributed by atoms with Crippen LogP contribution in [0.5, 0.6) is 0 Å². The predicted molar refractivity (Wildman–Crippen MR) is 61.9 cm³/mol. The molecule has 3 nitrogen and oxygen atoms in total. The zero-order chi connectivity index (χ0) is 11.5. The van der Waals surface area contributed by atoms with E-state index in [9.17, 15) is 5.11 Å². The Kier molecular flexibility index (Phi) is 4.56. The summed E-state index contributed by atoms with van der Waals surface area (Å²) in [6.07, 6.45) is 0.855. The summed E-state index contributed by atoms with van der Waals surface area (Å²) >= 11 is 0. The summed E-state index contributed by atoms with van der Waals surface area (Å²) in [5.74, 6) is 0. The topological polar surface area (TPSA) is 32.7 Å². The van der Waals surface area contributed by atoms with Crippen molar-refractivity contribution in [3.8, 4) is 0 Å². The highest BCUT2D eigenvalue weighted by molar-refractivity contribution is 4.83. The largest absolute Gasteiger partial charge is 0.393 e. The number of morpholine rings is 1. The summed E-state index contributed by atoms with van der Waals surface area (Å²) in [7, 11) is 0. The van der Waals surface area contributed by atoms with Gasteiger partial charge in [-0.2, -0.15) is 0 Å². The van der Waals surface area contributed by atoms with Crippen molar-refractivity contribution in [2.24, 2.45) is 5.41 Å². The highest BCUT2D eigenvalue weighted by atomic mass is 16.5. The molecule has 1 N–H and O–H groups in total. The monoisotopic (exact) mass is 215 g/mol. The first-order chi connectivity index (χ1) is 6.97. The first kappa shape index (κ1) is 12.9. The predicted octanol–water partition coefficient (Wildman–Crippen LogP) is 1.50. The van der Waals surface area contributed by atoms with Crippen molar-refractivity contribution in [3.05, 3.63) is 0 Å². The molecule has 0 amide bonds. The van der Waals surface area contributed by atoms with E-state index in [0.29, 0.717) is 6.04 Å². The Morgan fingerprint density at radius 1 is 1.53 bits per heavy atom. The number of nitrogens with zero attached hydrogens (tertiary/aromatic N) is 1. The second kappa shape index (κ2) is 5.28. The normalized spacial score (nSPS) is 26.6. The summed E-state index contributed by atoms with van der Waals surface area (Å²) in [4.78, 5) is 2.45. The summed E-state index contributed by atoms with van der Waals surface area (Å²) in [6.45, 7) is 11.9. The molecule has 2 atom stereocenters. The number of ether oxygens (including phenoxy) is 1. The Labute approximate surface area is 93.4 Å². The van der Waals surface area contributed by atoms with Crippen molar-refractivity contribution in [1.82, 2.24) is 4.90 Å². The van der Waals surface area contributed by atoms with Crippen LogP contribution in [0.1, 0.15) is 34.1 Å². The van der Waals surface area contributed by atoms with Crippen LogP contribution in [0.25, 0.3) is 0 Å². The molecule has 0 saturated carbocycles. The maximum atomic E-state index is 9.71. The third-order valence-electron chi connectivity index (χ3n) is 3.56. The van der Waals surface area contributed by atoms with Crippen LogP contribution in [0.4, 0.5) is 0 Å². The fourth-order valence-electron chi connectivity index (χ4n) is 1.93. The highest BCUT2D eigenvalue weighted by Crippen LogP contribution is 2.24. The number of rotatable bonds is 4. The van der Waals surface area contributed by atoms with Gasteiger partial charge in [-0.25, -0.2) is 0 Å². The second-order valence-corrected chi connectivity index (χ2v) is 5.27. The van der Waals surface area contributed by atoms with Gasteiger partial charge in [-0.3, -0.25) is 4.90 Å². The molecule has 90 valence electrons. The summed E-state index contributed by atoms with van der Waals surface area (Å²) in [5.41, 5.74) is -0.0369. The first-order valence-electron chi connectivity index (χ1n) is 5.97. The van der Waals surface area contributed by atoms with Crippen LogP contribution >= 0.6 is 0 Å². The molecule has 1 aliphatic heterocycles. The van der Waals surface area contributed by atoms with Gasteiger partial charge in [0.25, 0.3) is 0 Å². The third-order valence-corrected chi connectivity index (χ3v) is 3.56. The Balaban J connectivity index is 2.54. The molecule has 0 aromatic carbocycles. The van der Waals surface area contributed by atoms with E-state index in [1.165, 1.54) is 0 Å². The van der Waals surface area contributed by atoms with Gasteiger partial charge in [0.1, 0.15) is 0 Å². The first-order valence-corrected chi connectivity index (χ1v) is 5.97. The molecule has 3 heteroatoms. The molecule has 0 spiro atoms. The lowest BCUT2D eigenvalue weighted by Crippen LogP contribution is -2.50. The van der Waals surface area contributed by atoms with Crippen molar-refractivity contribution in [1.29, 1.82) is 0 Å². The summed E-state index contributed by atoms with van der Waals surface area (Å²) in [5, 5.41) is 9.71. The van der Waals surface area contributed by atoms with Crippen molar-refractivity contribution in [2.75, 3.05) is 26.3 Å². The average molecular weight is 215 g/mol. The minimum Gasteiger partial charge on any atom is -0.393 e. The van der Waals surface area contributed by atoms with E-state index in [1.807, 2.05) is 6.92 Å². The standard InChI is InChI=1S/C12H25NO2/c1-5-11-8-15-7-6-13(11)9-12(3,4)10(2)14/h10-11,14H,5-9H2,1-4H3. The summed E-state index contributed by atoms with van der Waals surface area (Å²) in [6, 6.07) is 0.525. The van der Waals surface area contributed by atoms with Gasteiger partial charge in [-0.05, 0) is 13.3 Å². The Morgan fingerprint density at radius 2 is 2.20 bits per heavy atom. The van der Waals surface area contributed by atoms with E-state index < -0.39 is 0 Å². The molecule has 1 saturated heterocycles. The molecule has 1 aliphatic rings. The van der Waals surface area contributed by atoms with Crippen LogP contribution in [0.3, 0.4) is 0 Å². The Hall–Kier alpha value is -0.120. The molecule has 1 rings (SSSR count). The minimum atomic E-state index is -0.266. The fraction of sp³-hybridized carbons (Fsp3) is 1.00. The highest BCUT2D eigenvalue weighted by Gasteiger charge is 2.31. The molecular weight excluding hydrogens is 190 g/mol. The molecule has 0 radical (unpaired) electrons. The van der Waals surface area contributed by atoms with Crippen molar-refractivity contribution >= 4 is 0 Å². The molecule has 0 aromatic heterocycles. The lowest BCUT2D eigenvalue weighted by atomic mass is 9.86. The average Bonchev–Trinajstić information content (AvgIpc) is 2.18. The molecule has 0 aliphatic carbocycles. The lowest BCUT2D eigenvalue weighted by molar-refractivity contribution is -0.0444. The maximum Gasteiger partial charge on any atom is 0.0622 e. The number of aliphatic hydroxyl groups excluding tert-OH is 1. The Morgan fingerprint density at radius 3 is 2.73 bits per heavy atom. The molecule has 0 bridgehead atoms. The fourth-order valence-corrected chi connectivity index (χ4v) is 1.93. The molecule has 1 heterocycles. The number of aliphatic hydroxyl groups is 1. The van der Waals surface area contributed by atoms with Crippen LogP contribution in [-0.2, 0) is 4.74 Å². The maximum absolute atomic E-state index is 9.71. The second-order valence-electron chi connectivity index (χ2n) is 5.27. The van der Waals surface area contributed by atoms with Gasteiger partial charge in [0.2, 0.25) is 0 Å². The van der Waals surface area contributed by atoms with Crippen LogP contribution in [0, 0.1) is 5.41 Å². The molecular formula is C12H25NO2. The van der Waals surface area contributed by atoms with Crippen molar-refractivity contribution < 1.29 is 9.84 Å². The number of hydrogen-bond acceptors (Lipinski definition) is 3. The van der Waals surface area contributed by atoms with Crippen LogP contribution < -0.4 is 0 Å². The Bertz CT molecular complexity index is 192. The zero-order valence-corrected chi connectivity index (χ0v) is 10.5. The molecule has 0 aromatic rings. The summed E-state index contributed by atoms with van der Waals surface area (Å²) < 4.78 is 5.47. The van der Waals surface area contributed by atoms with Gasteiger partial charge in [-0.15, -0.1) is 0 Å². The van der Waals surface area contributed by atoms with Gasteiger partial charge in [-0.1, -0.05) is 20.8 Å². The van der Waals surface area contributed by atoms with Crippen molar-refractivity contribution in [3.63, 3.8) is 0 Å². The van der Waals surface area contributed by atoms with Gasteiger partial charge in [0.15, 0.2) is 0 Å². The third kappa shape index (κ3) is 3.44. The SMILES string of the molecule is CCC1COCCN1CC(C)(C)C(C)O. The minimum absolute atomic E-state index is 0.0369.